The number of carbonyl (C=O) groups excluding carboxylic acids is 2. The van der Waals surface area contributed by atoms with Gasteiger partial charge in [-0.25, -0.2) is 9.59 Å². The Balaban J connectivity index is 1.59. The molecular formula is C34H38N4O3S. The number of hydrogen-bond acceptors (Lipinski definition) is 3. The van der Waals surface area contributed by atoms with Crippen LogP contribution in [0.25, 0.3) is 0 Å². The van der Waals surface area contributed by atoms with Gasteiger partial charge in [-0.2, -0.15) is 0 Å². The summed E-state index contributed by atoms with van der Waals surface area (Å²) in [6, 6.07) is 33.5. The summed E-state index contributed by atoms with van der Waals surface area (Å²) in [6.45, 7) is 6.15. The number of amides is 4. The zero-order chi connectivity index (χ0) is 30.4. The van der Waals surface area contributed by atoms with E-state index in [0.717, 1.165) is 11.3 Å². The molecule has 0 fully saturated rings. The van der Waals surface area contributed by atoms with E-state index < -0.39 is 15.5 Å². The molecule has 8 heteroatoms. The Morgan fingerprint density at radius 3 is 1.71 bits per heavy atom. The van der Waals surface area contributed by atoms with E-state index in [2.05, 4.69) is 0 Å². The van der Waals surface area contributed by atoms with Crippen LogP contribution in [0.3, 0.4) is 0 Å². The maximum absolute atomic E-state index is 13.9. The highest BCUT2D eigenvalue weighted by atomic mass is 32.2. The lowest BCUT2D eigenvalue weighted by molar-refractivity contribution is 0.252. The number of para-hydroxylation sites is 2. The minimum absolute atomic E-state index is 0.202. The number of benzene rings is 4. The molecule has 1 unspecified atom stereocenters. The second-order valence-corrected chi connectivity index (χ2v) is 13.2. The molecule has 0 aliphatic carbocycles. The lowest BCUT2D eigenvalue weighted by Gasteiger charge is -2.30. The monoisotopic (exact) mass is 582 g/mol. The standard InChI is InChI=1S/C34H38N4O3S/c1-34(2,3)42(41)31-23-14-13-22-30(31)37(6)32(39)35(4)28-20-15-21-29(24-28)36(5)33(40)38(27-18-11-8-12-19-27)25-26-16-9-7-10-17-26/h7-24H,25H2,1-6H3. The molecule has 0 bridgehead atoms. The summed E-state index contributed by atoms with van der Waals surface area (Å²) in [6.07, 6.45) is 0. The fourth-order valence-electron chi connectivity index (χ4n) is 4.50. The fourth-order valence-corrected chi connectivity index (χ4v) is 5.76. The average molecular weight is 583 g/mol. The Labute approximate surface area is 251 Å². The third kappa shape index (κ3) is 6.89. The SMILES string of the molecule is CN(C(=O)N(C)c1ccccc1S(=O)C(C)(C)C)c1cccc(N(C)C(=O)N(Cc2ccccc2)c2ccccc2)c1. The van der Waals surface area contributed by atoms with Crippen LogP contribution in [0.5, 0.6) is 0 Å². The number of hydrogen-bond donors (Lipinski definition) is 0. The first-order valence-corrected chi connectivity index (χ1v) is 14.9. The van der Waals surface area contributed by atoms with Gasteiger partial charge in [-0.3, -0.25) is 23.8 Å². The van der Waals surface area contributed by atoms with E-state index in [9.17, 15) is 13.8 Å². The van der Waals surface area contributed by atoms with Crippen LogP contribution in [-0.4, -0.2) is 42.2 Å². The number of rotatable bonds is 7. The van der Waals surface area contributed by atoms with Gasteiger partial charge in [0, 0.05) is 43.0 Å². The van der Waals surface area contributed by atoms with Gasteiger partial charge < -0.3 is 0 Å². The molecule has 218 valence electrons. The molecule has 0 radical (unpaired) electrons. The smallest absolute Gasteiger partial charge is 0.297 e. The molecule has 0 aliphatic rings. The van der Waals surface area contributed by atoms with Crippen molar-refractivity contribution >= 4 is 45.6 Å². The zero-order valence-electron chi connectivity index (χ0n) is 25.0. The highest BCUT2D eigenvalue weighted by molar-refractivity contribution is 7.86. The van der Waals surface area contributed by atoms with Crippen molar-refractivity contribution in [2.24, 2.45) is 0 Å². The van der Waals surface area contributed by atoms with Crippen molar-refractivity contribution in [1.29, 1.82) is 0 Å². The molecule has 4 aromatic rings. The van der Waals surface area contributed by atoms with Gasteiger partial charge in [0.2, 0.25) is 0 Å². The van der Waals surface area contributed by atoms with E-state index in [1.54, 1.807) is 43.1 Å². The Bertz CT molecular complexity index is 1550. The van der Waals surface area contributed by atoms with Crippen LogP contribution in [0, 0.1) is 0 Å². The van der Waals surface area contributed by atoms with Gasteiger partial charge in [0.15, 0.2) is 0 Å². The second kappa shape index (κ2) is 13.0. The van der Waals surface area contributed by atoms with E-state index in [0.29, 0.717) is 28.5 Å². The first-order chi connectivity index (χ1) is 20.0. The van der Waals surface area contributed by atoms with Gasteiger partial charge in [-0.1, -0.05) is 66.7 Å². The van der Waals surface area contributed by atoms with Gasteiger partial charge >= 0.3 is 12.1 Å². The molecular weight excluding hydrogens is 544 g/mol. The Morgan fingerprint density at radius 1 is 0.619 bits per heavy atom. The van der Waals surface area contributed by atoms with Crippen molar-refractivity contribution in [3.63, 3.8) is 0 Å². The number of anilines is 4. The molecule has 0 saturated carbocycles. The van der Waals surface area contributed by atoms with E-state index in [1.807, 2.05) is 118 Å². The van der Waals surface area contributed by atoms with Gasteiger partial charge in [0.25, 0.3) is 0 Å². The van der Waals surface area contributed by atoms with Crippen molar-refractivity contribution in [3.05, 3.63) is 115 Å². The van der Waals surface area contributed by atoms with Crippen LogP contribution in [0.4, 0.5) is 32.3 Å². The maximum Gasteiger partial charge on any atom is 0.329 e. The second-order valence-electron chi connectivity index (χ2n) is 11.0. The van der Waals surface area contributed by atoms with Crippen LogP contribution in [0.15, 0.2) is 114 Å². The summed E-state index contributed by atoms with van der Waals surface area (Å²) in [5, 5.41) is 0. The Morgan fingerprint density at radius 2 is 1.12 bits per heavy atom. The molecule has 4 amide bonds. The van der Waals surface area contributed by atoms with Crippen molar-refractivity contribution in [3.8, 4) is 0 Å². The summed E-state index contributed by atoms with van der Waals surface area (Å²) in [5.41, 5.74) is 3.65. The predicted molar refractivity (Wildman–Crippen MR) is 174 cm³/mol. The van der Waals surface area contributed by atoms with Crippen LogP contribution < -0.4 is 19.6 Å². The molecule has 0 heterocycles. The number of carbonyl (C=O) groups is 2. The van der Waals surface area contributed by atoms with Crippen LogP contribution in [0.2, 0.25) is 0 Å². The van der Waals surface area contributed by atoms with Gasteiger partial charge in [0.05, 0.1) is 27.9 Å². The zero-order valence-corrected chi connectivity index (χ0v) is 25.8. The van der Waals surface area contributed by atoms with E-state index in [4.69, 9.17) is 0 Å². The van der Waals surface area contributed by atoms with Crippen LogP contribution in [0.1, 0.15) is 26.3 Å². The van der Waals surface area contributed by atoms with Crippen molar-refractivity contribution in [2.75, 3.05) is 40.7 Å². The molecule has 0 aliphatic heterocycles. The Kier molecular flexibility index (Phi) is 9.48. The van der Waals surface area contributed by atoms with E-state index in [-0.39, 0.29) is 12.1 Å². The molecule has 0 N–H and O–H groups in total. The molecule has 0 saturated heterocycles. The first-order valence-electron chi connectivity index (χ1n) is 13.8. The van der Waals surface area contributed by atoms with Gasteiger partial charge in [-0.15, -0.1) is 0 Å². The largest absolute Gasteiger partial charge is 0.329 e. The summed E-state index contributed by atoms with van der Waals surface area (Å²) in [7, 11) is 3.78. The van der Waals surface area contributed by atoms with E-state index in [1.165, 1.54) is 9.80 Å². The van der Waals surface area contributed by atoms with Gasteiger partial charge in [0.1, 0.15) is 0 Å². The van der Waals surface area contributed by atoms with Gasteiger partial charge in [-0.05, 0) is 68.8 Å². The quantitative estimate of drug-likeness (QED) is 0.226. The average Bonchev–Trinajstić information content (AvgIpc) is 3.02. The van der Waals surface area contributed by atoms with Crippen LogP contribution in [-0.2, 0) is 17.3 Å². The van der Waals surface area contributed by atoms with Crippen molar-refractivity contribution in [1.82, 2.24) is 0 Å². The summed E-state index contributed by atoms with van der Waals surface area (Å²) in [5.74, 6) is 0. The predicted octanol–water partition coefficient (Wildman–Crippen LogP) is 7.55. The highest BCUT2D eigenvalue weighted by Gasteiger charge is 2.28. The minimum atomic E-state index is -1.32. The lowest BCUT2D eigenvalue weighted by atomic mass is 10.2. The van der Waals surface area contributed by atoms with Crippen molar-refractivity contribution in [2.45, 2.75) is 37.0 Å². The Hall–Kier alpha value is -4.43. The van der Waals surface area contributed by atoms with Crippen molar-refractivity contribution < 1.29 is 13.8 Å². The molecule has 7 nitrogen and oxygen atoms in total. The lowest BCUT2D eigenvalue weighted by Crippen LogP contribution is -2.41. The summed E-state index contributed by atoms with van der Waals surface area (Å²) >= 11 is 0. The molecule has 1 atom stereocenters. The topological polar surface area (TPSA) is 64.2 Å². The summed E-state index contributed by atoms with van der Waals surface area (Å²) in [4.78, 5) is 34.5. The number of nitrogens with zero attached hydrogens (tertiary/aromatic N) is 4. The highest BCUT2D eigenvalue weighted by Crippen LogP contribution is 2.31. The third-order valence-corrected chi connectivity index (χ3v) is 8.79. The molecule has 0 spiro atoms. The van der Waals surface area contributed by atoms with Crippen LogP contribution >= 0.6 is 0 Å². The minimum Gasteiger partial charge on any atom is -0.297 e. The first kappa shape index (κ1) is 30.5. The fraction of sp³-hybridized carbons (Fsp3) is 0.235. The molecule has 0 aromatic heterocycles. The maximum atomic E-state index is 13.9. The molecule has 4 aromatic carbocycles. The molecule has 42 heavy (non-hydrogen) atoms. The van der Waals surface area contributed by atoms with E-state index >= 15 is 0 Å². The summed E-state index contributed by atoms with van der Waals surface area (Å²) < 4.78 is 12.7. The number of urea groups is 2. The normalized spacial score (nSPS) is 11.9. The third-order valence-electron chi connectivity index (χ3n) is 6.93. The molecule has 4 rings (SSSR count).